The standard InChI is InChI=1S/C11H20N2O3/c1-8(2)13-5-3-9(4-6-13)11(16)12-7-10(14)15/h8-9H,3-7H2,1-2H3,(H,12,16)(H,14,15). The third kappa shape index (κ3) is 3.81. The first kappa shape index (κ1) is 13.0. The summed E-state index contributed by atoms with van der Waals surface area (Å²) >= 11 is 0. The first-order chi connectivity index (χ1) is 7.50. The highest BCUT2D eigenvalue weighted by Crippen LogP contribution is 2.18. The molecule has 1 heterocycles. The van der Waals surface area contributed by atoms with E-state index in [0.717, 1.165) is 25.9 Å². The molecule has 92 valence electrons. The number of nitrogens with zero attached hydrogens (tertiary/aromatic N) is 1. The number of nitrogens with one attached hydrogen (secondary N) is 1. The molecule has 0 aliphatic carbocycles. The summed E-state index contributed by atoms with van der Waals surface area (Å²) in [5.41, 5.74) is 0. The van der Waals surface area contributed by atoms with Crippen molar-refractivity contribution in [2.45, 2.75) is 32.7 Å². The highest BCUT2D eigenvalue weighted by atomic mass is 16.4. The Morgan fingerprint density at radius 1 is 1.38 bits per heavy atom. The molecule has 1 rings (SSSR count). The molecule has 1 amide bonds. The number of piperidine rings is 1. The summed E-state index contributed by atoms with van der Waals surface area (Å²) < 4.78 is 0. The van der Waals surface area contributed by atoms with Crippen molar-refractivity contribution in [3.63, 3.8) is 0 Å². The van der Waals surface area contributed by atoms with Crippen molar-refractivity contribution < 1.29 is 14.7 Å². The van der Waals surface area contributed by atoms with E-state index in [4.69, 9.17) is 5.11 Å². The maximum Gasteiger partial charge on any atom is 0.322 e. The lowest BCUT2D eigenvalue weighted by Gasteiger charge is -2.33. The SMILES string of the molecule is CC(C)N1CCC(C(=O)NCC(=O)O)CC1. The number of amides is 1. The monoisotopic (exact) mass is 228 g/mol. The van der Waals surface area contributed by atoms with Crippen LogP contribution in [0, 0.1) is 5.92 Å². The van der Waals surface area contributed by atoms with E-state index in [-0.39, 0.29) is 18.4 Å². The average Bonchev–Trinajstić information content (AvgIpc) is 2.26. The van der Waals surface area contributed by atoms with Crippen LogP contribution in [-0.2, 0) is 9.59 Å². The number of aliphatic carboxylic acids is 1. The van der Waals surface area contributed by atoms with Crippen LogP contribution in [0.3, 0.4) is 0 Å². The van der Waals surface area contributed by atoms with Gasteiger partial charge in [0.15, 0.2) is 0 Å². The summed E-state index contributed by atoms with van der Waals surface area (Å²) in [5, 5.41) is 10.9. The van der Waals surface area contributed by atoms with Crippen LogP contribution >= 0.6 is 0 Å². The second-order valence-electron chi connectivity index (χ2n) is 4.52. The number of hydrogen-bond acceptors (Lipinski definition) is 3. The lowest BCUT2D eigenvalue weighted by Crippen LogP contribution is -2.43. The van der Waals surface area contributed by atoms with Crippen molar-refractivity contribution in [2.75, 3.05) is 19.6 Å². The third-order valence-electron chi connectivity index (χ3n) is 3.04. The predicted molar refractivity (Wildman–Crippen MR) is 60.1 cm³/mol. The van der Waals surface area contributed by atoms with E-state index in [1.54, 1.807) is 0 Å². The molecule has 2 N–H and O–H groups in total. The van der Waals surface area contributed by atoms with Crippen molar-refractivity contribution >= 4 is 11.9 Å². The molecular weight excluding hydrogens is 208 g/mol. The Hall–Kier alpha value is -1.10. The van der Waals surface area contributed by atoms with E-state index in [2.05, 4.69) is 24.1 Å². The van der Waals surface area contributed by atoms with Crippen molar-refractivity contribution in [3.05, 3.63) is 0 Å². The molecule has 1 aliphatic heterocycles. The van der Waals surface area contributed by atoms with Gasteiger partial charge < -0.3 is 15.3 Å². The van der Waals surface area contributed by atoms with Gasteiger partial charge in [0, 0.05) is 12.0 Å². The van der Waals surface area contributed by atoms with Crippen molar-refractivity contribution in [1.29, 1.82) is 0 Å². The van der Waals surface area contributed by atoms with E-state index in [0.29, 0.717) is 6.04 Å². The van der Waals surface area contributed by atoms with Crippen LogP contribution in [0.15, 0.2) is 0 Å². The van der Waals surface area contributed by atoms with E-state index < -0.39 is 5.97 Å². The topological polar surface area (TPSA) is 69.6 Å². The zero-order valence-corrected chi connectivity index (χ0v) is 9.90. The molecule has 0 unspecified atom stereocenters. The van der Waals surface area contributed by atoms with Gasteiger partial charge in [-0.05, 0) is 39.8 Å². The van der Waals surface area contributed by atoms with E-state index in [1.165, 1.54) is 0 Å². The van der Waals surface area contributed by atoms with Gasteiger partial charge in [-0.1, -0.05) is 0 Å². The summed E-state index contributed by atoms with van der Waals surface area (Å²) in [5.74, 6) is -1.13. The fourth-order valence-corrected chi connectivity index (χ4v) is 1.99. The molecule has 1 aliphatic rings. The number of carbonyl (C=O) groups is 2. The number of carboxylic acids is 1. The molecule has 0 atom stereocenters. The highest BCUT2D eigenvalue weighted by Gasteiger charge is 2.25. The molecular formula is C11H20N2O3. The van der Waals surface area contributed by atoms with Gasteiger partial charge in [0.1, 0.15) is 6.54 Å². The van der Waals surface area contributed by atoms with Gasteiger partial charge in [0.25, 0.3) is 0 Å². The Kier molecular flexibility index (Phi) is 4.73. The van der Waals surface area contributed by atoms with Crippen LogP contribution < -0.4 is 5.32 Å². The van der Waals surface area contributed by atoms with Crippen molar-refractivity contribution in [3.8, 4) is 0 Å². The normalized spacial score (nSPS) is 18.7. The second-order valence-corrected chi connectivity index (χ2v) is 4.52. The first-order valence-corrected chi connectivity index (χ1v) is 5.74. The molecule has 0 aromatic heterocycles. The molecule has 0 radical (unpaired) electrons. The van der Waals surface area contributed by atoms with E-state index in [1.807, 2.05) is 0 Å². The summed E-state index contributed by atoms with van der Waals surface area (Å²) in [4.78, 5) is 24.2. The lowest BCUT2D eigenvalue weighted by molar-refractivity contribution is -0.138. The Balaban J connectivity index is 2.30. The Morgan fingerprint density at radius 2 is 1.94 bits per heavy atom. The summed E-state index contributed by atoms with van der Waals surface area (Å²) in [6.07, 6.45) is 1.65. The fourth-order valence-electron chi connectivity index (χ4n) is 1.99. The maximum atomic E-state index is 11.6. The number of likely N-dealkylation sites (tertiary alicyclic amines) is 1. The minimum atomic E-state index is -0.993. The van der Waals surface area contributed by atoms with Crippen molar-refractivity contribution in [2.24, 2.45) is 5.92 Å². The summed E-state index contributed by atoms with van der Waals surface area (Å²) in [6.45, 7) is 5.85. The van der Waals surface area contributed by atoms with Gasteiger partial charge in [-0.25, -0.2) is 0 Å². The molecule has 0 bridgehead atoms. The smallest absolute Gasteiger partial charge is 0.322 e. The fraction of sp³-hybridized carbons (Fsp3) is 0.818. The van der Waals surface area contributed by atoms with Crippen LogP contribution in [0.1, 0.15) is 26.7 Å². The van der Waals surface area contributed by atoms with E-state index in [9.17, 15) is 9.59 Å². The molecule has 1 fully saturated rings. The van der Waals surface area contributed by atoms with Crippen LogP contribution in [0.5, 0.6) is 0 Å². The number of rotatable bonds is 4. The van der Waals surface area contributed by atoms with Gasteiger partial charge in [0.05, 0.1) is 0 Å². The molecule has 5 heteroatoms. The zero-order valence-electron chi connectivity index (χ0n) is 9.90. The number of hydrogen-bond donors (Lipinski definition) is 2. The van der Waals surface area contributed by atoms with Crippen LogP contribution in [-0.4, -0.2) is 47.6 Å². The number of carbonyl (C=O) groups excluding carboxylic acids is 1. The van der Waals surface area contributed by atoms with Gasteiger partial charge in [-0.2, -0.15) is 0 Å². The number of carboxylic acid groups (broad SMARTS) is 1. The zero-order chi connectivity index (χ0) is 12.1. The first-order valence-electron chi connectivity index (χ1n) is 5.74. The quantitative estimate of drug-likeness (QED) is 0.726. The van der Waals surface area contributed by atoms with Gasteiger partial charge in [-0.15, -0.1) is 0 Å². The Morgan fingerprint density at radius 3 is 2.38 bits per heavy atom. The van der Waals surface area contributed by atoms with Crippen molar-refractivity contribution in [1.82, 2.24) is 10.2 Å². The molecule has 0 saturated carbocycles. The van der Waals surface area contributed by atoms with E-state index >= 15 is 0 Å². The van der Waals surface area contributed by atoms with Crippen LogP contribution in [0.4, 0.5) is 0 Å². The molecule has 1 saturated heterocycles. The third-order valence-corrected chi connectivity index (χ3v) is 3.04. The Labute approximate surface area is 95.8 Å². The minimum Gasteiger partial charge on any atom is -0.480 e. The maximum absolute atomic E-state index is 11.6. The van der Waals surface area contributed by atoms with Gasteiger partial charge >= 0.3 is 5.97 Å². The van der Waals surface area contributed by atoms with Crippen LogP contribution in [0.2, 0.25) is 0 Å². The summed E-state index contributed by atoms with van der Waals surface area (Å²) in [7, 11) is 0. The van der Waals surface area contributed by atoms with Gasteiger partial charge in [0.2, 0.25) is 5.91 Å². The lowest BCUT2D eigenvalue weighted by atomic mass is 9.95. The predicted octanol–water partition coefficient (Wildman–Crippen LogP) is 0.308. The summed E-state index contributed by atoms with van der Waals surface area (Å²) in [6, 6.07) is 0.517. The van der Waals surface area contributed by atoms with Crippen LogP contribution in [0.25, 0.3) is 0 Å². The Bertz CT molecular complexity index is 258. The minimum absolute atomic E-state index is 0.0191. The largest absolute Gasteiger partial charge is 0.480 e. The molecule has 0 aromatic rings. The second kappa shape index (κ2) is 5.84. The molecule has 0 aromatic carbocycles. The molecule has 16 heavy (non-hydrogen) atoms. The highest BCUT2D eigenvalue weighted by molar-refractivity contribution is 5.82. The van der Waals surface area contributed by atoms with Gasteiger partial charge in [-0.3, -0.25) is 9.59 Å². The molecule has 0 spiro atoms. The average molecular weight is 228 g/mol. The molecule has 5 nitrogen and oxygen atoms in total.